The van der Waals surface area contributed by atoms with Gasteiger partial charge in [-0.05, 0) is 45.1 Å². The molecule has 1 unspecified atom stereocenters. The van der Waals surface area contributed by atoms with Crippen molar-refractivity contribution < 1.29 is 4.74 Å². The summed E-state index contributed by atoms with van der Waals surface area (Å²) in [6, 6.07) is 0.510. The summed E-state index contributed by atoms with van der Waals surface area (Å²) in [5, 5.41) is 3.76. The van der Waals surface area contributed by atoms with Crippen LogP contribution in [-0.2, 0) is 4.74 Å². The van der Waals surface area contributed by atoms with Crippen molar-refractivity contribution in [3.63, 3.8) is 0 Å². The largest absolute Gasteiger partial charge is 0.377 e. The molecule has 1 rings (SSSR count). The smallest absolute Gasteiger partial charge is 0.0830 e. The van der Waals surface area contributed by atoms with E-state index in [1.54, 1.807) is 0 Å². The van der Waals surface area contributed by atoms with Gasteiger partial charge in [0.25, 0.3) is 0 Å². The Hall–Kier alpha value is -0.340. The van der Waals surface area contributed by atoms with Crippen molar-refractivity contribution in [3.05, 3.63) is 12.7 Å². The fraction of sp³-hybridized carbons (Fsp3) is 0.882. The van der Waals surface area contributed by atoms with Crippen LogP contribution in [0.3, 0.4) is 0 Å². The molecular formula is C17H33NO. The molecule has 0 aliphatic heterocycles. The first-order valence-electron chi connectivity index (χ1n) is 8.18. The quantitative estimate of drug-likeness (QED) is 0.378. The maximum atomic E-state index is 6.06. The SMILES string of the molecule is C=CCCCC(NCCC)C1(OC)CCCCCC1. The van der Waals surface area contributed by atoms with E-state index < -0.39 is 0 Å². The van der Waals surface area contributed by atoms with Crippen LogP contribution in [-0.4, -0.2) is 25.3 Å². The second-order valence-corrected chi connectivity index (χ2v) is 5.91. The van der Waals surface area contributed by atoms with E-state index in [4.69, 9.17) is 4.74 Å². The van der Waals surface area contributed by atoms with Crippen molar-refractivity contribution in [3.8, 4) is 0 Å². The lowest BCUT2D eigenvalue weighted by atomic mass is 9.83. The molecule has 2 nitrogen and oxygen atoms in total. The fourth-order valence-electron chi connectivity index (χ4n) is 3.36. The van der Waals surface area contributed by atoms with Crippen LogP contribution in [0.2, 0.25) is 0 Å². The Morgan fingerprint density at radius 2 is 1.95 bits per heavy atom. The van der Waals surface area contributed by atoms with Crippen LogP contribution in [0.5, 0.6) is 0 Å². The summed E-state index contributed by atoms with van der Waals surface area (Å²) in [5.41, 5.74) is 0.0762. The number of unbranched alkanes of at least 4 members (excludes halogenated alkanes) is 1. The van der Waals surface area contributed by atoms with Crippen molar-refractivity contribution >= 4 is 0 Å². The van der Waals surface area contributed by atoms with Gasteiger partial charge >= 0.3 is 0 Å². The molecule has 0 aromatic rings. The lowest BCUT2D eigenvalue weighted by molar-refractivity contribution is -0.0550. The van der Waals surface area contributed by atoms with Crippen LogP contribution >= 0.6 is 0 Å². The lowest BCUT2D eigenvalue weighted by Gasteiger charge is -2.40. The summed E-state index contributed by atoms with van der Waals surface area (Å²) in [6.07, 6.45) is 14.6. The summed E-state index contributed by atoms with van der Waals surface area (Å²) in [6.45, 7) is 7.17. The predicted molar refractivity (Wildman–Crippen MR) is 83.6 cm³/mol. The molecule has 0 heterocycles. The molecule has 112 valence electrons. The number of methoxy groups -OCH3 is 1. The standard InChI is InChI=1S/C17H33NO/c1-4-6-9-12-16(18-15-5-2)17(19-3)13-10-7-8-11-14-17/h4,16,18H,1,5-15H2,2-3H3. The van der Waals surface area contributed by atoms with Crippen LogP contribution in [0.1, 0.15) is 71.1 Å². The minimum Gasteiger partial charge on any atom is -0.377 e. The summed E-state index contributed by atoms with van der Waals surface area (Å²) in [5.74, 6) is 0. The van der Waals surface area contributed by atoms with Gasteiger partial charge in [-0.3, -0.25) is 0 Å². The number of allylic oxidation sites excluding steroid dienone is 1. The fourth-order valence-corrected chi connectivity index (χ4v) is 3.36. The Morgan fingerprint density at radius 1 is 1.26 bits per heavy atom. The Morgan fingerprint density at radius 3 is 2.47 bits per heavy atom. The van der Waals surface area contributed by atoms with Gasteiger partial charge in [-0.1, -0.05) is 38.7 Å². The van der Waals surface area contributed by atoms with E-state index in [1.807, 2.05) is 13.2 Å². The summed E-state index contributed by atoms with van der Waals surface area (Å²) >= 11 is 0. The van der Waals surface area contributed by atoms with Gasteiger partial charge in [-0.15, -0.1) is 6.58 Å². The highest BCUT2D eigenvalue weighted by Gasteiger charge is 2.38. The van der Waals surface area contributed by atoms with E-state index in [0.717, 1.165) is 13.0 Å². The Kier molecular flexibility index (Phi) is 8.40. The van der Waals surface area contributed by atoms with E-state index >= 15 is 0 Å². The number of hydrogen-bond donors (Lipinski definition) is 1. The molecule has 19 heavy (non-hydrogen) atoms. The summed E-state index contributed by atoms with van der Waals surface area (Å²) < 4.78 is 6.06. The normalized spacial score (nSPS) is 20.7. The van der Waals surface area contributed by atoms with Gasteiger partial charge < -0.3 is 10.1 Å². The maximum absolute atomic E-state index is 6.06. The summed E-state index contributed by atoms with van der Waals surface area (Å²) in [4.78, 5) is 0. The van der Waals surface area contributed by atoms with E-state index in [2.05, 4.69) is 18.8 Å². The van der Waals surface area contributed by atoms with Crippen molar-refractivity contribution in [2.45, 2.75) is 82.8 Å². The third-order valence-corrected chi connectivity index (χ3v) is 4.53. The second kappa shape index (κ2) is 9.55. The first kappa shape index (κ1) is 16.7. The molecule has 0 aromatic heterocycles. The van der Waals surface area contributed by atoms with Crippen LogP contribution in [0.25, 0.3) is 0 Å². The van der Waals surface area contributed by atoms with E-state index in [-0.39, 0.29) is 5.60 Å². The number of hydrogen-bond acceptors (Lipinski definition) is 2. The number of ether oxygens (including phenoxy) is 1. The highest BCUT2D eigenvalue weighted by atomic mass is 16.5. The van der Waals surface area contributed by atoms with E-state index in [1.165, 1.54) is 57.8 Å². The van der Waals surface area contributed by atoms with E-state index in [9.17, 15) is 0 Å². The van der Waals surface area contributed by atoms with Crippen molar-refractivity contribution in [2.24, 2.45) is 0 Å². The molecule has 1 fully saturated rings. The van der Waals surface area contributed by atoms with Crippen LogP contribution in [0.15, 0.2) is 12.7 Å². The zero-order valence-electron chi connectivity index (χ0n) is 13.0. The Balaban J connectivity index is 2.67. The molecule has 1 N–H and O–H groups in total. The molecule has 1 atom stereocenters. The molecule has 0 radical (unpaired) electrons. The molecular weight excluding hydrogens is 234 g/mol. The summed E-state index contributed by atoms with van der Waals surface area (Å²) in [7, 11) is 1.92. The number of nitrogens with one attached hydrogen (secondary N) is 1. The van der Waals surface area contributed by atoms with Crippen molar-refractivity contribution in [1.82, 2.24) is 5.32 Å². The van der Waals surface area contributed by atoms with Gasteiger partial charge in [0, 0.05) is 13.2 Å². The van der Waals surface area contributed by atoms with Gasteiger partial charge in [0.1, 0.15) is 0 Å². The highest BCUT2D eigenvalue weighted by molar-refractivity contribution is 4.94. The third kappa shape index (κ3) is 5.27. The van der Waals surface area contributed by atoms with Crippen LogP contribution in [0, 0.1) is 0 Å². The molecule has 0 spiro atoms. The monoisotopic (exact) mass is 267 g/mol. The first-order valence-corrected chi connectivity index (χ1v) is 8.18. The van der Waals surface area contributed by atoms with Crippen LogP contribution in [0.4, 0.5) is 0 Å². The molecule has 0 bridgehead atoms. The highest BCUT2D eigenvalue weighted by Crippen LogP contribution is 2.34. The second-order valence-electron chi connectivity index (χ2n) is 5.91. The third-order valence-electron chi connectivity index (χ3n) is 4.53. The van der Waals surface area contributed by atoms with Crippen molar-refractivity contribution in [2.75, 3.05) is 13.7 Å². The molecule has 1 aliphatic carbocycles. The first-order chi connectivity index (χ1) is 9.29. The average molecular weight is 267 g/mol. The molecule has 1 aliphatic rings. The molecule has 2 heteroatoms. The Bertz CT molecular complexity index is 231. The van der Waals surface area contributed by atoms with Crippen molar-refractivity contribution in [1.29, 1.82) is 0 Å². The minimum absolute atomic E-state index is 0.0762. The van der Waals surface area contributed by atoms with Gasteiger partial charge in [-0.25, -0.2) is 0 Å². The van der Waals surface area contributed by atoms with Gasteiger partial charge in [0.15, 0.2) is 0 Å². The molecule has 0 aromatic carbocycles. The lowest BCUT2D eigenvalue weighted by Crippen LogP contribution is -2.52. The Labute approximate surface area is 120 Å². The molecule has 0 saturated heterocycles. The zero-order valence-corrected chi connectivity index (χ0v) is 13.0. The average Bonchev–Trinajstić information content (AvgIpc) is 2.69. The van der Waals surface area contributed by atoms with Crippen LogP contribution < -0.4 is 5.32 Å². The van der Waals surface area contributed by atoms with E-state index in [0.29, 0.717) is 6.04 Å². The van der Waals surface area contributed by atoms with Gasteiger partial charge in [0.05, 0.1) is 5.60 Å². The predicted octanol–water partition coefficient (Wildman–Crippen LogP) is 4.45. The maximum Gasteiger partial charge on any atom is 0.0830 e. The molecule has 0 amide bonds. The molecule has 1 saturated carbocycles. The minimum atomic E-state index is 0.0762. The zero-order chi connectivity index (χ0) is 14.0. The van der Waals surface area contributed by atoms with Gasteiger partial charge in [-0.2, -0.15) is 0 Å². The number of rotatable bonds is 9. The topological polar surface area (TPSA) is 21.3 Å². The van der Waals surface area contributed by atoms with Gasteiger partial charge in [0.2, 0.25) is 0 Å².